The van der Waals surface area contributed by atoms with Gasteiger partial charge in [-0.05, 0) is 89.0 Å². The normalized spacial score (nSPS) is 28.1. The second-order valence-corrected chi connectivity index (χ2v) is 25.7. The molecule has 20 heteroatoms. The first kappa shape index (κ1) is 55.2. The zero-order valence-electron chi connectivity index (χ0n) is 47.6. The Morgan fingerprint density at radius 2 is 1.79 bits per heavy atom. The van der Waals surface area contributed by atoms with E-state index in [0.717, 1.165) is 89.4 Å². The van der Waals surface area contributed by atoms with E-state index in [9.17, 15) is 9.59 Å². The third-order valence-electron chi connectivity index (χ3n) is 18.0. The van der Waals surface area contributed by atoms with Crippen molar-refractivity contribution >= 4 is 45.7 Å². The standard InChI is InChI=1S/C60H80N10O9S/c1-36-49(46-32-76-35-62-46)50(36)55(71)64-52-54(68-20-24-75-25-21-68)56-63-47(33-80-56)38-10-13-48-42(27-38)44(30-59(3,4)34-78-58(73)45-9-8-15-70(65-45)57(52)72)53(69(48)22-26-77-41-14-23-79-60(5,6)29-41)43-28-40(31-61-51(43)37(2)74-7)67-18-16-66(17-19-67)39-11-12-39/h10,13,27-28,31-33,35-37,39,41,45,49-50,52,54,65H,8-9,11-12,14-26,29-30,34H2,1-7H3,(H,64,71)/t36-,37-,41-,45-,49-,50+,52-,54-/m0/s1. The van der Waals surface area contributed by atoms with Gasteiger partial charge in [-0.25, -0.2) is 15.4 Å². The maximum absolute atomic E-state index is 15.4. The number of hydrogen-bond acceptors (Lipinski definition) is 17. The van der Waals surface area contributed by atoms with Crippen LogP contribution in [-0.4, -0.2) is 168 Å². The summed E-state index contributed by atoms with van der Waals surface area (Å²) >= 11 is 1.49. The molecule has 0 spiro atoms. The van der Waals surface area contributed by atoms with Crippen molar-refractivity contribution in [1.29, 1.82) is 0 Å². The summed E-state index contributed by atoms with van der Waals surface area (Å²) in [5.41, 5.74) is 11.0. The number of nitrogens with one attached hydrogen (secondary N) is 2. The number of carbonyl (C=O) groups excluding carboxylic acids is 3. The number of benzene rings is 1. The van der Waals surface area contributed by atoms with Gasteiger partial charge in [0.2, 0.25) is 5.91 Å². The first-order chi connectivity index (χ1) is 38.6. The number of oxazole rings is 1. The molecule has 8 atom stereocenters. The molecule has 4 saturated heterocycles. The monoisotopic (exact) mass is 1120 g/mol. The third kappa shape index (κ3) is 11.4. The molecule has 9 heterocycles. The van der Waals surface area contributed by atoms with Crippen molar-refractivity contribution in [3.63, 3.8) is 0 Å². The molecule has 0 radical (unpaired) electrons. The van der Waals surface area contributed by atoms with Crippen molar-refractivity contribution in [1.82, 2.24) is 45.1 Å². The van der Waals surface area contributed by atoms with Crippen LogP contribution in [0.3, 0.4) is 0 Å². The number of aromatic nitrogens is 4. The summed E-state index contributed by atoms with van der Waals surface area (Å²) in [5, 5.41) is 8.63. The van der Waals surface area contributed by atoms with Gasteiger partial charge < -0.3 is 42.9 Å². The first-order valence-electron chi connectivity index (χ1n) is 29.3. The zero-order valence-corrected chi connectivity index (χ0v) is 48.4. The number of hydrogen-bond donors (Lipinski definition) is 2. The van der Waals surface area contributed by atoms with E-state index in [1.807, 2.05) is 13.1 Å². The van der Waals surface area contributed by atoms with Crippen LogP contribution in [0.2, 0.25) is 0 Å². The predicted molar refractivity (Wildman–Crippen MR) is 303 cm³/mol. The van der Waals surface area contributed by atoms with Crippen molar-refractivity contribution in [3.8, 4) is 22.5 Å². The maximum atomic E-state index is 15.4. The Hall–Kier alpha value is -5.32. The summed E-state index contributed by atoms with van der Waals surface area (Å²) in [6.07, 6.45) is 10.5. The molecule has 12 rings (SSSR count). The van der Waals surface area contributed by atoms with Crippen molar-refractivity contribution in [2.45, 2.75) is 141 Å². The number of anilines is 1. The average molecular weight is 1120 g/mol. The van der Waals surface area contributed by atoms with Crippen LogP contribution in [0, 0.1) is 17.3 Å². The number of fused-ring (bicyclic) bond motifs is 6. The second-order valence-electron chi connectivity index (χ2n) is 24.8. The van der Waals surface area contributed by atoms with Crippen molar-refractivity contribution in [2.24, 2.45) is 17.3 Å². The largest absolute Gasteiger partial charge is 0.464 e. The first-order valence-corrected chi connectivity index (χ1v) is 30.1. The lowest BCUT2D eigenvalue weighted by Gasteiger charge is -2.41. The smallest absolute Gasteiger partial charge is 0.324 e. The minimum atomic E-state index is -1.07. The topological polar surface area (TPSA) is 191 Å². The highest BCUT2D eigenvalue weighted by Gasteiger charge is 2.55. The highest BCUT2D eigenvalue weighted by molar-refractivity contribution is 7.10. The van der Waals surface area contributed by atoms with E-state index in [4.69, 9.17) is 38.1 Å². The summed E-state index contributed by atoms with van der Waals surface area (Å²) < 4.78 is 39.1. The Balaban J connectivity index is 0.995. The van der Waals surface area contributed by atoms with Crippen LogP contribution in [0.5, 0.6) is 0 Å². The van der Waals surface area contributed by atoms with Gasteiger partial charge in [-0.2, -0.15) is 0 Å². The van der Waals surface area contributed by atoms with Crippen LogP contribution < -0.4 is 15.6 Å². The van der Waals surface area contributed by atoms with Gasteiger partial charge in [-0.1, -0.05) is 26.8 Å². The number of carbonyl (C=O) groups is 3. The van der Waals surface area contributed by atoms with Crippen LogP contribution >= 0.6 is 11.3 Å². The van der Waals surface area contributed by atoms with Gasteiger partial charge in [-0.15, -0.1) is 11.3 Å². The lowest BCUT2D eigenvalue weighted by molar-refractivity contribution is -0.156. The van der Waals surface area contributed by atoms with E-state index < -0.39 is 35.4 Å². The number of morpholine rings is 1. The Morgan fingerprint density at radius 1 is 0.975 bits per heavy atom. The molecule has 7 aliphatic rings. The molecule has 80 heavy (non-hydrogen) atoms. The molecule has 2 amide bonds. The molecule has 19 nitrogen and oxygen atoms in total. The molecular weight excluding hydrogens is 1040 g/mol. The van der Waals surface area contributed by atoms with Gasteiger partial charge in [0.05, 0.1) is 84.9 Å². The third-order valence-corrected chi connectivity index (χ3v) is 18.9. The van der Waals surface area contributed by atoms with Crippen LogP contribution in [0.1, 0.15) is 120 Å². The van der Waals surface area contributed by atoms with Gasteiger partial charge in [0.1, 0.15) is 23.4 Å². The van der Waals surface area contributed by atoms with E-state index >= 15 is 4.79 Å². The number of thiazole rings is 1. The fraction of sp³-hybridized carbons (Fsp3) is 0.633. The molecule has 5 aliphatic heterocycles. The Bertz CT molecular complexity index is 3030. The maximum Gasteiger partial charge on any atom is 0.324 e. The number of rotatable bonds is 13. The molecule has 4 aromatic heterocycles. The number of hydrazine groups is 1. The zero-order chi connectivity index (χ0) is 55.5. The lowest BCUT2D eigenvalue weighted by Crippen LogP contribution is -2.63. The number of amides is 2. The number of nitrogens with zero attached hydrogens (tertiary/aromatic N) is 8. The summed E-state index contributed by atoms with van der Waals surface area (Å²) in [7, 11) is 1.74. The number of piperazine rings is 1. The number of esters is 1. The highest BCUT2D eigenvalue weighted by Crippen LogP contribution is 2.53. The Morgan fingerprint density at radius 3 is 2.54 bits per heavy atom. The number of pyridine rings is 1. The molecule has 6 fully saturated rings. The summed E-state index contributed by atoms with van der Waals surface area (Å²) in [6.45, 7) is 20.7. The summed E-state index contributed by atoms with van der Waals surface area (Å²) in [4.78, 5) is 67.0. The van der Waals surface area contributed by atoms with Gasteiger partial charge in [-0.3, -0.25) is 34.2 Å². The molecule has 2 aliphatic carbocycles. The van der Waals surface area contributed by atoms with Gasteiger partial charge in [0, 0.05) is 123 Å². The van der Waals surface area contributed by atoms with Crippen LogP contribution in [0.15, 0.2) is 52.9 Å². The Labute approximate surface area is 473 Å². The summed E-state index contributed by atoms with van der Waals surface area (Å²) in [5.74, 6) is -1.57. The van der Waals surface area contributed by atoms with Crippen LogP contribution in [0.4, 0.5) is 5.69 Å². The van der Waals surface area contributed by atoms with Gasteiger partial charge in [0.25, 0.3) is 5.91 Å². The van der Waals surface area contributed by atoms with Gasteiger partial charge in [0.15, 0.2) is 6.39 Å². The van der Waals surface area contributed by atoms with E-state index in [0.29, 0.717) is 88.6 Å². The number of methoxy groups -OCH3 is 1. The van der Waals surface area contributed by atoms with E-state index in [1.165, 1.54) is 35.6 Å². The lowest BCUT2D eigenvalue weighted by atomic mass is 9.84. The molecule has 1 aromatic carbocycles. The molecule has 430 valence electrons. The summed E-state index contributed by atoms with van der Waals surface area (Å²) in [6, 6.07) is 7.16. The van der Waals surface area contributed by atoms with Crippen molar-refractivity contribution < 1.29 is 42.5 Å². The molecular formula is C60H80N10O9S. The SMILES string of the molecule is CO[C@@H](C)c1ncc(N2CCN(C3CC3)CC2)cc1-c1c2c3cc(ccc3n1CCO[C@H]1CCOC(C)(C)C1)-c1csc(n1)[C@@H](N1CCOCC1)[C@H](NC(=O)[C@@H]1[C@@H](C)[C@H]1c1cocn1)C(=O)N1CCC[C@H](N1)C(=O)OCC(C)(C)C2. The van der Waals surface area contributed by atoms with Gasteiger partial charge >= 0.3 is 5.97 Å². The molecule has 2 saturated carbocycles. The predicted octanol–water partition coefficient (Wildman–Crippen LogP) is 7.31. The minimum Gasteiger partial charge on any atom is -0.464 e. The second kappa shape index (κ2) is 22.8. The van der Waals surface area contributed by atoms with E-state index in [1.54, 1.807) is 13.4 Å². The molecule has 6 bridgehead atoms. The minimum absolute atomic E-state index is 0.00993. The fourth-order valence-electron chi connectivity index (χ4n) is 13.3. The average Bonchev–Trinajstić information content (AvgIpc) is 4.24. The molecule has 2 N–H and O–H groups in total. The number of cyclic esters (lactones) is 1. The van der Waals surface area contributed by atoms with E-state index in [2.05, 4.69) is 99.3 Å². The number of ether oxygens (including phenoxy) is 5. The van der Waals surface area contributed by atoms with Crippen molar-refractivity contribution in [2.75, 3.05) is 90.9 Å². The molecule has 5 aromatic rings. The van der Waals surface area contributed by atoms with Crippen molar-refractivity contribution in [3.05, 3.63) is 70.5 Å². The quantitative estimate of drug-likeness (QED) is 0.112. The molecule has 0 unspecified atom stereocenters. The highest BCUT2D eigenvalue weighted by atomic mass is 32.1. The van der Waals surface area contributed by atoms with E-state index in [-0.39, 0.29) is 48.1 Å². The van der Waals surface area contributed by atoms with Crippen LogP contribution in [0.25, 0.3) is 33.4 Å². The fourth-order valence-corrected chi connectivity index (χ4v) is 14.3. The van der Waals surface area contributed by atoms with Crippen LogP contribution in [-0.2, 0) is 51.0 Å². The Kier molecular flexibility index (Phi) is 15.7.